The summed E-state index contributed by atoms with van der Waals surface area (Å²) in [5, 5.41) is 17.4. The second kappa shape index (κ2) is 7.97. The maximum absolute atomic E-state index is 12.0. The van der Waals surface area contributed by atoms with E-state index in [1.165, 1.54) is 19.3 Å². The zero-order valence-electron chi connectivity index (χ0n) is 13.3. The van der Waals surface area contributed by atoms with Gasteiger partial charge in [-0.3, -0.25) is 5.32 Å². The highest BCUT2D eigenvalue weighted by molar-refractivity contribution is 6.33. The average Bonchev–Trinajstić information content (AvgIpc) is 2.59. The van der Waals surface area contributed by atoms with Crippen LogP contribution in [0.5, 0.6) is 0 Å². The monoisotopic (exact) mass is 345 g/mol. The Bertz CT molecular complexity index is 686. The van der Waals surface area contributed by atoms with Crippen LogP contribution in [0.3, 0.4) is 0 Å². The number of carbonyl (C=O) groups is 1. The Labute approximate surface area is 146 Å². The van der Waals surface area contributed by atoms with Gasteiger partial charge in [0.2, 0.25) is 0 Å². The molecular weight excluding hydrogens is 326 g/mol. The van der Waals surface area contributed by atoms with E-state index in [0.29, 0.717) is 16.7 Å². The van der Waals surface area contributed by atoms with Crippen molar-refractivity contribution >= 4 is 35.0 Å². The molecule has 1 aliphatic carbocycles. The van der Waals surface area contributed by atoms with E-state index in [2.05, 4.69) is 26.1 Å². The highest BCUT2D eigenvalue weighted by Crippen LogP contribution is 2.23. The van der Waals surface area contributed by atoms with E-state index in [4.69, 9.17) is 11.6 Å². The molecule has 1 aromatic heterocycles. The molecule has 1 aromatic carbocycles. The molecule has 1 saturated carbocycles. The molecule has 2 amide bonds. The molecule has 1 heterocycles. The van der Waals surface area contributed by atoms with E-state index in [0.717, 1.165) is 18.5 Å². The Morgan fingerprint density at radius 3 is 2.42 bits per heavy atom. The second-order valence-corrected chi connectivity index (χ2v) is 6.25. The number of nitrogens with one attached hydrogen (secondary N) is 3. The van der Waals surface area contributed by atoms with Crippen molar-refractivity contribution in [3.05, 3.63) is 41.4 Å². The van der Waals surface area contributed by atoms with E-state index >= 15 is 0 Å². The second-order valence-electron chi connectivity index (χ2n) is 5.84. The van der Waals surface area contributed by atoms with E-state index < -0.39 is 0 Å². The molecule has 0 atom stereocenters. The number of hydrogen-bond acceptors (Lipinski definition) is 4. The fourth-order valence-electron chi connectivity index (χ4n) is 2.75. The largest absolute Gasteiger partial charge is 0.338 e. The standard InChI is InChI=1S/C17H20ClN5O/c18-13-8-4-5-9-14(13)20-15-10-11-16(23-22-15)21-17(24)19-12-6-2-1-3-7-12/h4-5,8-12H,1-3,6-7H2,(H,20,22)(H2,19,21,23,24). The Kier molecular flexibility index (Phi) is 5.48. The fourth-order valence-corrected chi connectivity index (χ4v) is 2.93. The van der Waals surface area contributed by atoms with E-state index in [1.807, 2.05) is 18.2 Å². The zero-order chi connectivity index (χ0) is 16.8. The summed E-state index contributed by atoms with van der Waals surface area (Å²) in [6, 6.07) is 10.9. The zero-order valence-corrected chi connectivity index (χ0v) is 14.0. The maximum atomic E-state index is 12.0. The molecular formula is C17H20ClN5O. The minimum atomic E-state index is -0.233. The number of carbonyl (C=O) groups excluding carboxylic acids is 1. The molecule has 0 aliphatic heterocycles. The topological polar surface area (TPSA) is 78.9 Å². The molecule has 6 nitrogen and oxygen atoms in total. The number of anilines is 3. The number of amides is 2. The molecule has 7 heteroatoms. The molecule has 1 aliphatic rings. The SMILES string of the molecule is O=C(Nc1ccc(Nc2ccccc2Cl)nn1)NC1CCCCC1. The van der Waals surface area contributed by atoms with Gasteiger partial charge in [0, 0.05) is 6.04 Å². The van der Waals surface area contributed by atoms with Crippen molar-refractivity contribution in [3.8, 4) is 0 Å². The first-order chi connectivity index (χ1) is 11.7. The Balaban J connectivity index is 1.54. The molecule has 0 unspecified atom stereocenters. The number of rotatable bonds is 4. The third kappa shape index (κ3) is 4.58. The number of nitrogens with zero attached hydrogens (tertiary/aromatic N) is 2. The van der Waals surface area contributed by atoms with Gasteiger partial charge in [-0.25, -0.2) is 4.79 Å². The summed E-state index contributed by atoms with van der Waals surface area (Å²) in [6.45, 7) is 0. The Morgan fingerprint density at radius 1 is 1.00 bits per heavy atom. The Morgan fingerprint density at radius 2 is 1.71 bits per heavy atom. The van der Waals surface area contributed by atoms with Crippen molar-refractivity contribution in [3.63, 3.8) is 0 Å². The summed E-state index contributed by atoms with van der Waals surface area (Å²) < 4.78 is 0. The Hall–Kier alpha value is -2.34. The molecule has 0 saturated heterocycles. The number of para-hydroxylation sites is 1. The van der Waals surface area contributed by atoms with Gasteiger partial charge in [-0.05, 0) is 37.1 Å². The molecule has 24 heavy (non-hydrogen) atoms. The van der Waals surface area contributed by atoms with Crippen LogP contribution in [0.2, 0.25) is 5.02 Å². The average molecular weight is 346 g/mol. The van der Waals surface area contributed by atoms with Crippen LogP contribution in [0.25, 0.3) is 0 Å². The molecule has 0 bridgehead atoms. The number of urea groups is 1. The fraction of sp³-hybridized carbons (Fsp3) is 0.353. The summed E-state index contributed by atoms with van der Waals surface area (Å²) >= 11 is 6.09. The highest BCUT2D eigenvalue weighted by Gasteiger charge is 2.15. The minimum absolute atomic E-state index is 0.233. The third-order valence-corrected chi connectivity index (χ3v) is 4.31. The van der Waals surface area contributed by atoms with Crippen molar-refractivity contribution in [2.45, 2.75) is 38.1 Å². The van der Waals surface area contributed by atoms with Crippen molar-refractivity contribution in [1.29, 1.82) is 0 Å². The summed E-state index contributed by atoms with van der Waals surface area (Å²) in [5.74, 6) is 0.967. The lowest BCUT2D eigenvalue weighted by atomic mass is 9.96. The van der Waals surface area contributed by atoms with Gasteiger partial charge in [0.1, 0.15) is 0 Å². The van der Waals surface area contributed by atoms with Crippen LogP contribution in [0.15, 0.2) is 36.4 Å². The summed E-state index contributed by atoms with van der Waals surface area (Å²) in [7, 11) is 0. The summed E-state index contributed by atoms with van der Waals surface area (Å²) in [4.78, 5) is 12.0. The van der Waals surface area contributed by atoms with Crippen molar-refractivity contribution in [1.82, 2.24) is 15.5 Å². The molecule has 126 valence electrons. The first kappa shape index (κ1) is 16.5. The van der Waals surface area contributed by atoms with E-state index in [1.54, 1.807) is 18.2 Å². The maximum Gasteiger partial charge on any atom is 0.320 e. The van der Waals surface area contributed by atoms with Crippen LogP contribution in [0.4, 0.5) is 22.1 Å². The smallest absolute Gasteiger partial charge is 0.320 e. The number of aromatic nitrogens is 2. The highest BCUT2D eigenvalue weighted by atomic mass is 35.5. The predicted molar refractivity (Wildman–Crippen MR) is 95.8 cm³/mol. The number of halogens is 1. The van der Waals surface area contributed by atoms with Crippen LogP contribution in [-0.4, -0.2) is 22.3 Å². The predicted octanol–water partition coefficient (Wildman–Crippen LogP) is 4.33. The van der Waals surface area contributed by atoms with E-state index in [9.17, 15) is 4.79 Å². The summed E-state index contributed by atoms with van der Waals surface area (Å²) in [5.41, 5.74) is 0.754. The first-order valence-electron chi connectivity index (χ1n) is 8.13. The minimum Gasteiger partial charge on any atom is -0.338 e. The van der Waals surface area contributed by atoms with Crippen LogP contribution in [-0.2, 0) is 0 Å². The molecule has 2 aromatic rings. The van der Waals surface area contributed by atoms with Crippen LogP contribution in [0, 0.1) is 0 Å². The third-order valence-electron chi connectivity index (χ3n) is 3.98. The normalized spacial score (nSPS) is 14.9. The van der Waals surface area contributed by atoms with Crippen LogP contribution in [0.1, 0.15) is 32.1 Å². The van der Waals surface area contributed by atoms with Gasteiger partial charge in [0.05, 0.1) is 10.7 Å². The number of benzene rings is 1. The van der Waals surface area contributed by atoms with Gasteiger partial charge >= 0.3 is 6.03 Å². The quantitative estimate of drug-likeness (QED) is 0.770. The van der Waals surface area contributed by atoms with Gasteiger partial charge in [-0.15, -0.1) is 10.2 Å². The number of hydrogen-bond donors (Lipinski definition) is 3. The first-order valence-corrected chi connectivity index (χ1v) is 8.51. The van der Waals surface area contributed by atoms with Gasteiger partial charge in [0.15, 0.2) is 11.6 Å². The van der Waals surface area contributed by atoms with Gasteiger partial charge in [0.25, 0.3) is 0 Å². The lowest BCUT2D eigenvalue weighted by Gasteiger charge is -2.22. The van der Waals surface area contributed by atoms with E-state index in [-0.39, 0.29) is 12.1 Å². The molecule has 0 spiro atoms. The van der Waals surface area contributed by atoms with Crippen LogP contribution >= 0.6 is 11.6 Å². The molecule has 3 rings (SSSR count). The van der Waals surface area contributed by atoms with Crippen molar-refractivity contribution < 1.29 is 4.79 Å². The van der Waals surface area contributed by atoms with Crippen LogP contribution < -0.4 is 16.0 Å². The lowest BCUT2D eigenvalue weighted by Crippen LogP contribution is -2.39. The van der Waals surface area contributed by atoms with Gasteiger partial charge in [-0.2, -0.15) is 0 Å². The summed E-state index contributed by atoms with van der Waals surface area (Å²) in [6.07, 6.45) is 5.69. The van der Waals surface area contributed by atoms with Gasteiger partial charge in [-0.1, -0.05) is 43.0 Å². The molecule has 0 radical (unpaired) electrons. The van der Waals surface area contributed by atoms with Crippen molar-refractivity contribution in [2.75, 3.05) is 10.6 Å². The molecule has 3 N–H and O–H groups in total. The lowest BCUT2D eigenvalue weighted by molar-refractivity contribution is 0.244. The van der Waals surface area contributed by atoms with Crippen molar-refractivity contribution in [2.24, 2.45) is 0 Å². The molecule has 1 fully saturated rings. The van der Waals surface area contributed by atoms with Gasteiger partial charge < -0.3 is 10.6 Å².